The van der Waals surface area contributed by atoms with Crippen LogP contribution in [-0.4, -0.2) is 14.4 Å². The van der Waals surface area contributed by atoms with Crippen molar-refractivity contribution in [3.8, 4) is 11.1 Å². The van der Waals surface area contributed by atoms with Crippen molar-refractivity contribution in [1.29, 1.82) is 0 Å². The highest BCUT2D eigenvalue weighted by Gasteiger charge is 2.16. The molecule has 7 aromatic rings. The Morgan fingerprint density at radius 2 is 1.44 bits per heavy atom. The highest BCUT2D eigenvalue weighted by molar-refractivity contribution is 6.30. The molecule has 0 atom stereocenters. The first-order chi connectivity index (χ1) is 15.8. The van der Waals surface area contributed by atoms with Crippen LogP contribution in [0.2, 0.25) is 5.02 Å². The molecule has 3 nitrogen and oxygen atoms in total. The SMILES string of the molecule is Clc1ccc(-c2ccc3c4ccc5ncccc5c4c4nc5ccccc5n4c3c2)cc1. The Balaban J connectivity index is 1.72. The molecule has 32 heavy (non-hydrogen) atoms. The van der Waals surface area contributed by atoms with E-state index in [1.54, 1.807) is 0 Å². The predicted molar refractivity (Wildman–Crippen MR) is 133 cm³/mol. The van der Waals surface area contributed by atoms with E-state index < -0.39 is 0 Å². The maximum atomic E-state index is 6.12. The molecular weight excluding hydrogens is 414 g/mol. The number of fused-ring (bicyclic) bond motifs is 10. The van der Waals surface area contributed by atoms with Gasteiger partial charge in [0.1, 0.15) is 5.65 Å². The van der Waals surface area contributed by atoms with Crippen LogP contribution in [0.25, 0.3) is 60.4 Å². The Morgan fingerprint density at radius 3 is 2.34 bits per heavy atom. The van der Waals surface area contributed by atoms with Gasteiger partial charge in [0.2, 0.25) is 0 Å². The standard InChI is InChI=1S/C28H16ClN3/c29-19-10-7-17(8-11-19)18-9-12-20-21-13-14-23-22(4-3-15-30-23)27(21)28-31-24-5-1-2-6-25(24)32(28)26(20)16-18/h1-16H. The summed E-state index contributed by atoms with van der Waals surface area (Å²) >= 11 is 6.12. The summed E-state index contributed by atoms with van der Waals surface area (Å²) < 4.78 is 2.29. The molecule has 0 unspecified atom stereocenters. The van der Waals surface area contributed by atoms with Crippen molar-refractivity contribution in [2.75, 3.05) is 0 Å². The number of pyridine rings is 2. The van der Waals surface area contributed by atoms with Gasteiger partial charge in [-0.3, -0.25) is 9.38 Å². The van der Waals surface area contributed by atoms with E-state index in [1.165, 1.54) is 10.8 Å². The van der Waals surface area contributed by atoms with Crippen molar-refractivity contribution < 1.29 is 0 Å². The minimum Gasteiger partial charge on any atom is -0.292 e. The summed E-state index contributed by atoms with van der Waals surface area (Å²) in [5.74, 6) is 0. The molecule has 4 aromatic carbocycles. The van der Waals surface area contributed by atoms with E-state index in [1.807, 2.05) is 30.5 Å². The van der Waals surface area contributed by atoms with E-state index in [0.29, 0.717) is 0 Å². The molecule has 0 bridgehead atoms. The lowest BCUT2D eigenvalue weighted by Crippen LogP contribution is -1.93. The van der Waals surface area contributed by atoms with Crippen LogP contribution in [0.15, 0.2) is 97.2 Å². The monoisotopic (exact) mass is 429 g/mol. The van der Waals surface area contributed by atoms with E-state index in [4.69, 9.17) is 16.6 Å². The lowest BCUT2D eigenvalue weighted by Gasteiger charge is -2.13. The zero-order valence-corrected chi connectivity index (χ0v) is 17.7. The number of imidazole rings is 1. The predicted octanol–water partition coefficient (Wildman–Crippen LogP) is 7.66. The molecule has 0 aliphatic rings. The Morgan fingerprint density at radius 1 is 0.625 bits per heavy atom. The van der Waals surface area contributed by atoms with Crippen LogP contribution in [0.3, 0.4) is 0 Å². The van der Waals surface area contributed by atoms with Crippen LogP contribution >= 0.6 is 11.6 Å². The molecule has 4 heteroatoms. The van der Waals surface area contributed by atoms with Gasteiger partial charge in [-0.25, -0.2) is 4.98 Å². The number of aromatic nitrogens is 3. The van der Waals surface area contributed by atoms with Crippen molar-refractivity contribution >= 4 is 60.9 Å². The van der Waals surface area contributed by atoms with Crippen molar-refractivity contribution in [3.63, 3.8) is 0 Å². The van der Waals surface area contributed by atoms with Crippen LogP contribution in [-0.2, 0) is 0 Å². The molecule has 0 aliphatic heterocycles. The van der Waals surface area contributed by atoms with Crippen LogP contribution in [0.5, 0.6) is 0 Å². The number of para-hydroxylation sites is 2. The van der Waals surface area contributed by atoms with Gasteiger partial charge in [-0.2, -0.15) is 0 Å². The number of halogens is 1. The number of hydrogen-bond acceptors (Lipinski definition) is 2. The van der Waals surface area contributed by atoms with Crippen molar-refractivity contribution in [2.45, 2.75) is 0 Å². The smallest absolute Gasteiger partial charge is 0.147 e. The van der Waals surface area contributed by atoms with Crippen molar-refractivity contribution in [2.24, 2.45) is 0 Å². The third-order valence-electron chi connectivity index (χ3n) is 6.28. The van der Waals surface area contributed by atoms with E-state index in [2.05, 4.69) is 76.1 Å². The average Bonchev–Trinajstić information content (AvgIpc) is 3.23. The lowest BCUT2D eigenvalue weighted by atomic mass is 9.98. The molecule has 0 radical (unpaired) electrons. The number of benzene rings is 4. The second-order valence-corrected chi connectivity index (χ2v) is 8.49. The van der Waals surface area contributed by atoms with Crippen molar-refractivity contribution in [1.82, 2.24) is 14.4 Å². The van der Waals surface area contributed by atoms with Gasteiger partial charge in [0.05, 0.1) is 22.1 Å². The minimum absolute atomic E-state index is 0.740. The summed E-state index contributed by atoms with van der Waals surface area (Å²) in [6, 6.07) is 31.4. The van der Waals surface area contributed by atoms with Gasteiger partial charge in [0, 0.05) is 27.4 Å². The first-order valence-corrected chi connectivity index (χ1v) is 10.9. The molecule has 3 aromatic heterocycles. The van der Waals surface area contributed by atoms with Gasteiger partial charge < -0.3 is 0 Å². The van der Waals surface area contributed by atoms with Crippen LogP contribution in [0.4, 0.5) is 0 Å². The van der Waals surface area contributed by atoms with E-state index in [0.717, 1.165) is 54.6 Å². The fourth-order valence-corrected chi connectivity index (χ4v) is 4.95. The molecule has 0 N–H and O–H groups in total. The summed E-state index contributed by atoms with van der Waals surface area (Å²) in [7, 11) is 0. The van der Waals surface area contributed by atoms with Gasteiger partial charge in [-0.15, -0.1) is 0 Å². The molecule has 0 saturated carbocycles. The molecule has 0 amide bonds. The lowest BCUT2D eigenvalue weighted by molar-refractivity contribution is 1.32. The third-order valence-corrected chi connectivity index (χ3v) is 6.53. The first kappa shape index (κ1) is 17.7. The van der Waals surface area contributed by atoms with Crippen LogP contribution < -0.4 is 0 Å². The van der Waals surface area contributed by atoms with E-state index >= 15 is 0 Å². The maximum absolute atomic E-state index is 6.12. The average molecular weight is 430 g/mol. The molecule has 0 spiro atoms. The summed E-state index contributed by atoms with van der Waals surface area (Å²) in [6.45, 7) is 0. The third kappa shape index (κ3) is 2.43. The summed E-state index contributed by atoms with van der Waals surface area (Å²) in [6.07, 6.45) is 1.84. The molecule has 0 saturated heterocycles. The molecular formula is C28H16ClN3. The number of hydrogen-bond donors (Lipinski definition) is 0. The first-order valence-electron chi connectivity index (χ1n) is 10.5. The number of nitrogens with zero attached hydrogens (tertiary/aromatic N) is 3. The maximum Gasteiger partial charge on any atom is 0.147 e. The summed E-state index contributed by atoms with van der Waals surface area (Å²) in [5, 5.41) is 5.38. The highest BCUT2D eigenvalue weighted by Crippen LogP contribution is 2.37. The Kier molecular flexibility index (Phi) is 3.61. The zero-order valence-electron chi connectivity index (χ0n) is 17.0. The van der Waals surface area contributed by atoms with Crippen molar-refractivity contribution in [3.05, 3.63) is 102 Å². The van der Waals surface area contributed by atoms with Crippen LogP contribution in [0.1, 0.15) is 0 Å². The minimum atomic E-state index is 0.740. The van der Waals surface area contributed by atoms with E-state index in [-0.39, 0.29) is 0 Å². The Bertz CT molecular complexity index is 1830. The molecule has 150 valence electrons. The highest BCUT2D eigenvalue weighted by atomic mass is 35.5. The van der Waals surface area contributed by atoms with Gasteiger partial charge in [0.15, 0.2) is 0 Å². The zero-order chi connectivity index (χ0) is 21.2. The van der Waals surface area contributed by atoms with Gasteiger partial charge >= 0.3 is 0 Å². The normalized spacial score (nSPS) is 11.9. The quantitative estimate of drug-likeness (QED) is 0.251. The van der Waals surface area contributed by atoms with Gasteiger partial charge in [0.25, 0.3) is 0 Å². The van der Waals surface area contributed by atoms with Gasteiger partial charge in [-0.1, -0.05) is 60.1 Å². The van der Waals surface area contributed by atoms with Gasteiger partial charge in [-0.05, 0) is 59.0 Å². The second kappa shape index (κ2) is 6.52. The fraction of sp³-hybridized carbons (Fsp3) is 0. The van der Waals surface area contributed by atoms with Crippen LogP contribution in [0, 0.1) is 0 Å². The summed E-state index contributed by atoms with van der Waals surface area (Å²) in [5.41, 5.74) is 7.44. The molecule has 0 fully saturated rings. The number of rotatable bonds is 1. The Labute approximate surface area is 188 Å². The second-order valence-electron chi connectivity index (χ2n) is 8.06. The molecule has 3 heterocycles. The largest absolute Gasteiger partial charge is 0.292 e. The summed E-state index contributed by atoms with van der Waals surface area (Å²) in [4.78, 5) is 9.66. The topological polar surface area (TPSA) is 30.2 Å². The molecule has 0 aliphatic carbocycles. The molecule has 7 rings (SSSR count). The Hall–Kier alpha value is -3.95. The van der Waals surface area contributed by atoms with E-state index in [9.17, 15) is 0 Å². The fourth-order valence-electron chi connectivity index (χ4n) is 4.82.